The lowest BCUT2D eigenvalue weighted by Gasteiger charge is -2.28. The van der Waals surface area contributed by atoms with Crippen LogP contribution in [0.25, 0.3) is 0 Å². The van der Waals surface area contributed by atoms with E-state index in [1.165, 1.54) is 69.9 Å². The van der Waals surface area contributed by atoms with E-state index in [0.29, 0.717) is 11.8 Å². The van der Waals surface area contributed by atoms with E-state index >= 15 is 0 Å². The van der Waals surface area contributed by atoms with Gasteiger partial charge in [0.05, 0.1) is 5.56 Å². The van der Waals surface area contributed by atoms with Gasteiger partial charge < -0.3 is 0 Å². The molecule has 0 spiro atoms. The van der Waals surface area contributed by atoms with Crippen molar-refractivity contribution < 1.29 is 8.78 Å². The summed E-state index contributed by atoms with van der Waals surface area (Å²) in [5.41, 5.74) is 0.746. The largest absolute Gasteiger partial charge is 0.206 e. The Hall–Kier alpha value is -1.36. The Bertz CT molecular complexity index is 672. The van der Waals surface area contributed by atoms with E-state index in [9.17, 15) is 8.78 Å². The van der Waals surface area contributed by atoms with E-state index < -0.39 is 11.6 Å². The lowest BCUT2D eigenvalue weighted by molar-refractivity contribution is 0.252. The van der Waals surface area contributed by atoms with Crippen molar-refractivity contribution in [1.82, 2.24) is 0 Å². The molecule has 0 saturated heterocycles. The topological polar surface area (TPSA) is 0 Å². The van der Waals surface area contributed by atoms with E-state index in [4.69, 9.17) is 0 Å². The van der Waals surface area contributed by atoms with E-state index in [1.54, 1.807) is 0 Å². The lowest BCUT2D eigenvalue weighted by atomic mass is 9.78. The molecule has 0 unspecified atom stereocenters. The van der Waals surface area contributed by atoms with Crippen LogP contribution in [0.1, 0.15) is 102 Å². The summed E-state index contributed by atoms with van der Waals surface area (Å²) in [6, 6.07) is 3.04. The highest BCUT2D eigenvalue weighted by atomic mass is 19.1. The Morgan fingerprint density at radius 3 is 1.90 bits per heavy atom. The zero-order valence-corrected chi connectivity index (χ0v) is 18.4. The zero-order valence-electron chi connectivity index (χ0n) is 18.4. The molecule has 0 radical (unpaired) electrons. The Morgan fingerprint density at radius 2 is 1.34 bits per heavy atom. The highest BCUT2D eigenvalue weighted by molar-refractivity contribution is 5.39. The molecule has 3 rings (SSSR count). The van der Waals surface area contributed by atoms with Gasteiger partial charge in [0.1, 0.15) is 11.6 Å². The standard InChI is InChI=1S/C27H38F2/c1-3-5-21-10-12-22(13-11-21)14-15-24-18-26(28)25(27(29)19-24)17-16-23-8-6-20(4-2)7-9-23/h18-23H,3-15H2,1-2H3. The molecule has 29 heavy (non-hydrogen) atoms. The van der Waals surface area contributed by atoms with Crippen molar-refractivity contribution in [3.05, 3.63) is 34.9 Å². The minimum atomic E-state index is -0.485. The van der Waals surface area contributed by atoms with Gasteiger partial charge in [-0.2, -0.15) is 0 Å². The predicted octanol–water partition coefficient (Wildman–Crippen LogP) is 8.07. The number of hydrogen-bond donors (Lipinski definition) is 0. The molecule has 160 valence electrons. The average Bonchev–Trinajstić information content (AvgIpc) is 2.73. The molecule has 0 bridgehead atoms. The van der Waals surface area contributed by atoms with Crippen molar-refractivity contribution >= 4 is 0 Å². The molecular formula is C27H38F2. The molecule has 0 N–H and O–H groups in total. The van der Waals surface area contributed by atoms with E-state index in [0.717, 1.165) is 43.1 Å². The van der Waals surface area contributed by atoms with E-state index in [1.807, 2.05) is 0 Å². The van der Waals surface area contributed by atoms with Crippen LogP contribution < -0.4 is 0 Å². The fraction of sp³-hybridized carbons (Fsp3) is 0.704. The van der Waals surface area contributed by atoms with Crippen LogP contribution in [-0.2, 0) is 6.42 Å². The normalized spacial score (nSPS) is 27.3. The third-order valence-corrected chi connectivity index (χ3v) is 7.43. The highest BCUT2D eigenvalue weighted by Gasteiger charge is 2.21. The van der Waals surface area contributed by atoms with Crippen LogP contribution in [0, 0.1) is 47.1 Å². The van der Waals surface area contributed by atoms with Crippen LogP contribution in [0.2, 0.25) is 0 Å². The van der Waals surface area contributed by atoms with Gasteiger partial charge in [-0.05, 0) is 74.0 Å². The van der Waals surface area contributed by atoms with E-state index in [2.05, 4.69) is 25.7 Å². The van der Waals surface area contributed by atoms with Gasteiger partial charge in [-0.15, -0.1) is 0 Å². The second kappa shape index (κ2) is 11.1. The Morgan fingerprint density at radius 1 is 0.793 bits per heavy atom. The Kier molecular flexibility index (Phi) is 8.58. The molecule has 0 nitrogen and oxygen atoms in total. The van der Waals surface area contributed by atoms with Crippen LogP contribution >= 0.6 is 0 Å². The summed E-state index contributed by atoms with van der Waals surface area (Å²) in [6.07, 6.45) is 15.4. The van der Waals surface area contributed by atoms with Crippen LogP contribution in [0.3, 0.4) is 0 Å². The number of rotatable bonds is 6. The van der Waals surface area contributed by atoms with Gasteiger partial charge in [-0.3, -0.25) is 0 Å². The van der Waals surface area contributed by atoms with Crippen LogP contribution in [0.5, 0.6) is 0 Å². The van der Waals surface area contributed by atoms with Crippen molar-refractivity contribution in [2.75, 3.05) is 0 Å². The zero-order chi connectivity index (χ0) is 20.6. The smallest absolute Gasteiger partial charge is 0.142 e. The molecule has 2 aliphatic carbocycles. The van der Waals surface area contributed by atoms with Crippen molar-refractivity contribution in [2.24, 2.45) is 23.7 Å². The van der Waals surface area contributed by atoms with Crippen LogP contribution in [-0.4, -0.2) is 0 Å². The summed E-state index contributed by atoms with van der Waals surface area (Å²) in [7, 11) is 0. The first-order chi connectivity index (χ1) is 14.1. The number of halogens is 2. The van der Waals surface area contributed by atoms with Gasteiger partial charge in [0.15, 0.2) is 0 Å². The molecule has 1 aromatic rings. The van der Waals surface area contributed by atoms with E-state index in [-0.39, 0.29) is 5.56 Å². The Labute approximate surface area is 176 Å². The number of benzene rings is 1. The minimum absolute atomic E-state index is 0.0357. The van der Waals surface area contributed by atoms with Crippen LogP contribution in [0.4, 0.5) is 8.78 Å². The molecule has 1 aromatic carbocycles. The first-order valence-electron chi connectivity index (χ1n) is 12.1. The average molecular weight is 401 g/mol. The predicted molar refractivity (Wildman–Crippen MR) is 118 cm³/mol. The number of hydrogen-bond acceptors (Lipinski definition) is 0. The first-order valence-corrected chi connectivity index (χ1v) is 12.1. The Balaban J connectivity index is 1.53. The van der Waals surface area contributed by atoms with Gasteiger partial charge in [0.25, 0.3) is 0 Å². The summed E-state index contributed by atoms with van der Waals surface area (Å²) in [5.74, 6) is 7.73. The maximum atomic E-state index is 14.5. The molecule has 2 heteroatoms. The van der Waals surface area contributed by atoms with Crippen molar-refractivity contribution in [2.45, 2.75) is 97.3 Å². The first kappa shape index (κ1) is 22.3. The molecule has 2 saturated carbocycles. The van der Waals surface area contributed by atoms with Gasteiger partial charge in [0, 0.05) is 5.92 Å². The van der Waals surface area contributed by atoms with Gasteiger partial charge in [0.2, 0.25) is 0 Å². The molecule has 2 fully saturated rings. The molecule has 0 heterocycles. The summed E-state index contributed by atoms with van der Waals surface area (Å²) in [5, 5.41) is 0. The summed E-state index contributed by atoms with van der Waals surface area (Å²) < 4.78 is 29.1. The maximum Gasteiger partial charge on any atom is 0.142 e. The third-order valence-electron chi connectivity index (χ3n) is 7.43. The van der Waals surface area contributed by atoms with Gasteiger partial charge in [-0.1, -0.05) is 70.6 Å². The summed E-state index contributed by atoms with van der Waals surface area (Å²) >= 11 is 0. The van der Waals surface area contributed by atoms with Gasteiger partial charge >= 0.3 is 0 Å². The molecule has 2 aliphatic rings. The number of aryl methyl sites for hydroxylation is 1. The lowest BCUT2D eigenvalue weighted by Crippen LogP contribution is -2.15. The minimum Gasteiger partial charge on any atom is -0.206 e. The fourth-order valence-electron chi connectivity index (χ4n) is 5.37. The monoisotopic (exact) mass is 400 g/mol. The molecule has 0 aliphatic heterocycles. The molecule has 0 aromatic heterocycles. The van der Waals surface area contributed by atoms with Crippen LogP contribution in [0.15, 0.2) is 12.1 Å². The molecule has 0 atom stereocenters. The SMILES string of the molecule is CCCC1CCC(CCc2cc(F)c(C#CC3CCC(CC)CC3)c(F)c2)CC1. The van der Waals surface area contributed by atoms with Crippen molar-refractivity contribution in [3.63, 3.8) is 0 Å². The quantitative estimate of drug-likeness (QED) is 0.423. The molecular weight excluding hydrogens is 362 g/mol. The van der Waals surface area contributed by atoms with Crippen molar-refractivity contribution in [3.8, 4) is 11.8 Å². The second-order valence-corrected chi connectivity index (χ2v) is 9.54. The molecule has 0 amide bonds. The summed E-state index contributed by atoms with van der Waals surface area (Å²) in [4.78, 5) is 0. The highest BCUT2D eigenvalue weighted by Crippen LogP contribution is 2.34. The summed E-state index contributed by atoms with van der Waals surface area (Å²) in [6.45, 7) is 4.50. The second-order valence-electron chi connectivity index (χ2n) is 9.54. The van der Waals surface area contributed by atoms with Crippen molar-refractivity contribution in [1.29, 1.82) is 0 Å². The third kappa shape index (κ3) is 6.56. The van der Waals surface area contributed by atoms with Gasteiger partial charge in [-0.25, -0.2) is 8.78 Å². The fourth-order valence-corrected chi connectivity index (χ4v) is 5.37. The maximum absolute atomic E-state index is 14.5.